The molecular weight excluding hydrogens is 334 g/mol. The van der Waals surface area contributed by atoms with E-state index in [0.29, 0.717) is 10.0 Å². The summed E-state index contributed by atoms with van der Waals surface area (Å²) in [5.74, 6) is -0.366. The maximum atomic E-state index is 11.8. The van der Waals surface area contributed by atoms with Gasteiger partial charge in [0.15, 0.2) is 0 Å². The number of halogens is 1. The number of sulfonamides is 1. The molecule has 0 amide bonds. The van der Waals surface area contributed by atoms with Gasteiger partial charge in [-0.05, 0) is 30.5 Å². The second kappa shape index (κ2) is 6.02. The zero-order chi connectivity index (χ0) is 14.8. The molecule has 2 N–H and O–H groups in total. The lowest BCUT2D eigenvalue weighted by atomic mass is 10.1. The van der Waals surface area contributed by atoms with Crippen molar-refractivity contribution in [3.63, 3.8) is 0 Å². The van der Waals surface area contributed by atoms with Gasteiger partial charge in [0.1, 0.15) is 0 Å². The number of benzene rings is 1. The van der Waals surface area contributed by atoms with Crippen LogP contribution in [0.4, 0.5) is 0 Å². The van der Waals surface area contributed by atoms with Gasteiger partial charge in [-0.25, -0.2) is 18.4 Å². The van der Waals surface area contributed by atoms with Gasteiger partial charge in [0.05, 0.1) is 17.1 Å². The average molecular weight is 350 g/mol. The number of carbonyl (C=O) groups is 1. The topological polar surface area (TPSA) is 86.5 Å². The summed E-state index contributed by atoms with van der Waals surface area (Å²) >= 11 is 3.21. The molecule has 0 aromatic heterocycles. The van der Waals surface area contributed by atoms with Crippen LogP contribution >= 0.6 is 15.9 Å². The lowest BCUT2D eigenvalue weighted by molar-refractivity contribution is 0.0458. The number of rotatable bonds is 4. The van der Waals surface area contributed by atoms with E-state index in [-0.39, 0.29) is 23.0 Å². The molecule has 106 valence electrons. The fourth-order valence-corrected chi connectivity index (χ4v) is 2.81. The van der Waals surface area contributed by atoms with Crippen molar-refractivity contribution in [1.82, 2.24) is 0 Å². The van der Waals surface area contributed by atoms with Crippen LogP contribution in [0, 0.1) is 12.8 Å². The average Bonchev–Trinajstić information content (AvgIpc) is 2.27. The fraction of sp³-hybridized carbons (Fsp3) is 0.417. The molecule has 0 radical (unpaired) electrons. The number of hydrogen-bond acceptors (Lipinski definition) is 4. The van der Waals surface area contributed by atoms with Crippen molar-refractivity contribution in [1.29, 1.82) is 0 Å². The highest BCUT2D eigenvalue weighted by atomic mass is 79.9. The van der Waals surface area contributed by atoms with Crippen LogP contribution in [0.15, 0.2) is 21.5 Å². The SMILES string of the molecule is Cc1c(Br)cc(C(=O)OCC(C)C)cc1S(N)(=O)=O. The first-order chi connectivity index (χ1) is 8.62. The zero-order valence-electron chi connectivity index (χ0n) is 10.9. The third-order valence-electron chi connectivity index (χ3n) is 2.39. The molecule has 0 atom stereocenters. The van der Waals surface area contributed by atoms with Crippen molar-refractivity contribution >= 4 is 31.9 Å². The molecule has 0 bridgehead atoms. The van der Waals surface area contributed by atoms with Crippen molar-refractivity contribution < 1.29 is 17.9 Å². The molecule has 0 aliphatic rings. The number of esters is 1. The minimum Gasteiger partial charge on any atom is -0.462 e. The maximum absolute atomic E-state index is 11.8. The minimum atomic E-state index is -3.88. The van der Waals surface area contributed by atoms with Gasteiger partial charge < -0.3 is 4.74 Å². The van der Waals surface area contributed by atoms with Gasteiger partial charge >= 0.3 is 5.97 Å². The Bertz CT molecular complexity index is 596. The smallest absolute Gasteiger partial charge is 0.338 e. The summed E-state index contributed by atoms with van der Waals surface area (Å²) in [7, 11) is -3.88. The van der Waals surface area contributed by atoms with Gasteiger partial charge in [0.2, 0.25) is 10.0 Å². The van der Waals surface area contributed by atoms with Crippen LogP contribution in [0.3, 0.4) is 0 Å². The van der Waals surface area contributed by atoms with Crippen LogP contribution in [0.25, 0.3) is 0 Å². The van der Waals surface area contributed by atoms with E-state index in [1.165, 1.54) is 12.1 Å². The molecule has 0 saturated carbocycles. The second-order valence-corrected chi connectivity index (χ2v) is 7.00. The molecule has 0 saturated heterocycles. The molecule has 0 unspecified atom stereocenters. The van der Waals surface area contributed by atoms with Crippen molar-refractivity contribution in [2.24, 2.45) is 11.1 Å². The first-order valence-electron chi connectivity index (χ1n) is 5.63. The van der Waals surface area contributed by atoms with E-state index in [9.17, 15) is 13.2 Å². The molecule has 0 spiro atoms. The van der Waals surface area contributed by atoms with E-state index >= 15 is 0 Å². The van der Waals surface area contributed by atoms with E-state index < -0.39 is 16.0 Å². The molecule has 0 aliphatic carbocycles. The van der Waals surface area contributed by atoms with E-state index in [1.807, 2.05) is 13.8 Å². The number of hydrogen-bond donors (Lipinski definition) is 1. The molecule has 19 heavy (non-hydrogen) atoms. The van der Waals surface area contributed by atoms with Crippen LogP contribution in [0.5, 0.6) is 0 Å². The highest BCUT2D eigenvalue weighted by molar-refractivity contribution is 9.10. The quantitative estimate of drug-likeness (QED) is 0.844. The van der Waals surface area contributed by atoms with Crippen LogP contribution in [-0.4, -0.2) is 21.0 Å². The molecule has 0 aliphatic heterocycles. The summed E-state index contributed by atoms with van der Waals surface area (Å²) in [4.78, 5) is 11.7. The summed E-state index contributed by atoms with van der Waals surface area (Å²) < 4.78 is 28.5. The van der Waals surface area contributed by atoms with Gasteiger partial charge in [-0.2, -0.15) is 0 Å². The Kier molecular flexibility index (Phi) is 5.11. The summed E-state index contributed by atoms with van der Waals surface area (Å²) in [6, 6.07) is 2.75. The predicted molar refractivity (Wildman–Crippen MR) is 75.4 cm³/mol. The number of carbonyl (C=O) groups excluding carboxylic acids is 1. The van der Waals surface area contributed by atoms with Crippen LogP contribution in [0.2, 0.25) is 0 Å². The van der Waals surface area contributed by atoms with Gasteiger partial charge in [-0.1, -0.05) is 29.8 Å². The van der Waals surface area contributed by atoms with Crippen LogP contribution in [0.1, 0.15) is 29.8 Å². The van der Waals surface area contributed by atoms with E-state index in [1.54, 1.807) is 6.92 Å². The zero-order valence-corrected chi connectivity index (χ0v) is 13.3. The fourth-order valence-electron chi connectivity index (χ4n) is 1.39. The Hall–Kier alpha value is -0.920. The number of nitrogens with two attached hydrogens (primary N) is 1. The molecule has 0 heterocycles. The summed E-state index contributed by atoms with van der Waals surface area (Å²) in [5.41, 5.74) is 0.616. The summed E-state index contributed by atoms with van der Waals surface area (Å²) in [6.07, 6.45) is 0. The van der Waals surface area contributed by atoms with Crippen LogP contribution < -0.4 is 5.14 Å². The Morgan fingerprint density at radius 1 is 1.42 bits per heavy atom. The standard InChI is InChI=1S/C12H16BrNO4S/c1-7(2)6-18-12(15)9-4-10(13)8(3)11(5-9)19(14,16)17/h4-5,7H,6H2,1-3H3,(H2,14,16,17). The molecule has 5 nitrogen and oxygen atoms in total. The largest absolute Gasteiger partial charge is 0.462 e. The highest BCUT2D eigenvalue weighted by Gasteiger charge is 2.18. The first kappa shape index (κ1) is 16.1. The third-order valence-corrected chi connectivity index (χ3v) is 4.25. The Morgan fingerprint density at radius 3 is 2.47 bits per heavy atom. The maximum Gasteiger partial charge on any atom is 0.338 e. The first-order valence-corrected chi connectivity index (χ1v) is 7.97. The summed E-state index contributed by atoms with van der Waals surface area (Å²) in [6.45, 7) is 5.70. The molecule has 7 heteroatoms. The van der Waals surface area contributed by atoms with E-state index in [2.05, 4.69) is 15.9 Å². The Labute approximate surface area is 121 Å². The van der Waals surface area contributed by atoms with Gasteiger partial charge in [0.25, 0.3) is 0 Å². The lowest BCUT2D eigenvalue weighted by Crippen LogP contribution is -2.16. The molecule has 1 aromatic rings. The molecule has 1 rings (SSSR count). The van der Waals surface area contributed by atoms with Crippen molar-refractivity contribution in [3.05, 3.63) is 27.7 Å². The summed E-state index contributed by atoms with van der Waals surface area (Å²) in [5, 5.41) is 5.12. The lowest BCUT2D eigenvalue weighted by Gasteiger charge is -2.11. The van der Waals surface area contributed by atoms with Crippen molar-refractivity contribution in [2.45, 2.75) is 25.7 Å². The minimum absolute atomic E-state index is 0.0848. The monoisotopic (exact) mass is 349 g/mol. The second-order valence-electron chi connectivity index (χ2n) is 4.62. The Morgan fingerprint density at radius 2 is 2.00 bits per heavy atom. The van der Waals surface area contributed by atoms with E-state index in [0.717, 1.165) is 0 Å². The molecule has 1 aromatic carbocycles. The molecular formula is C12H16BrNO4S. The molecule has 0 fully saturated rings. The van der Waals surface area contributed by atoms with E-state index in [4.69, 9.17) is 9.88 Å². The predicted octanol–water partition coefficient (Wildman–Crippen LogP) is 2.22. The van der Waals surface area contributed by atoms with Crippen molar-refractivity contribution in [3.8, 4) is 0 Å². The normalized spacial score (nSPS) is 11.7. The van der Waals surface area contributed by atoms with Crippen LogP contribution in [-0.2, 0) is 14.8 Å². The van der Waals surface area contributed by atoms with Gasteiger partial charge in [-0.3, -0.25) is 0 Å². The Balaban J connectivity index is 3.18. The number of primary sulfonamides is 1. The van der Waals surface area contributed by atoms with Gasteiger partial charge in [0, 0.05) is 4.47 Å². The van der Waals surface area contributed by atoms with Gasteiger partial charge in [-0.15, -0.1) is 0 Å². The van der Waals surface area contributed by atoms with Crippen molar-refractivity contribution in [2.75, 3.05) is 6.61 Å². The highest BCUT2D eigenvalue weighted by Crippen LogP contribution is 2.25. The third kappa shape index (κ3) is 4.29. The number of ether oxygens (including phenoxy) is 1.